The van der Waals surface area contributed by atoms with E-state index in [0.29, 0.717) is 12.5 Å². The Morgan fingerprint density at radius 3 is 2.70 bits per heavy atom. The summed E-state index contributed by atoms with van der Waals surface area (Å²) >= 11 is 0. The number of rotatable bonds is 6. The molecule has 0 spiro atoms. The fourth-order valence-corrected chi connectivity index (χ4v) is 3.18. The highest BCUT2D eigenvalue weighted by Crippen LogP contribution is 2.16. The van der Waals surface area contributed by atoms with Crippen molar-refractivity contribution in [3.8, 4) is 0 Å². The van der Waals surface area contributed by atoms with Gasteiger partial charge in [0.1, 0.15) is 6.04 Å². The van der Waals surface area contributed by atoms with E-state index in [1.807, 2.05) is 13.8 Å². The lowest BCUT2D eigenvalue weighted by molar-refractivity contribution is -0.124. The number of nitrogens with one attached hydrogen (secondary N) is 2. The molecule has 0 saturated carbocycles. The molecule has 1 aliphatic rings. The maximum atomic E-state index is 12.8. The highest BCUT2D eigenvalue weighted by atomic mass is 16.3. The SMILES string of the molecule is CC(C)C(NC(=O)c1ccco1)C(=O)NC1CCCN(c2ncccn2)C1. The second-order valence-electron chi connectivity index (χ2n) is 7.01. The van der Waals surface area contributed by atoms with Crippen molar-refractivity contribution in [1.29, 1.82) is 0 Å². The number of hydrogen-bond acceptors (Lipinski definition) is 6. The zero-order valence-electron chi connectivity index (χ0n) is 15.6. The number of hydrogen-bond donors (Lipinski definition) is 2. The van der Waals surface area contributed by atoms with Crippen molar-refractivity contribution in [2.75, 3.05) is 18.0 Å². The third-order valence-corrected chi connectivity index (χ3v) is 4.58. The molecule has 1 fully saturated rings. The third-order valence-electron chi connectivity index (χ3n) is 4.58. The van der Waals surface area contributed by atoms with Gasteiger partial charge in [0.2, 0.25) is 11.9 Å². The van der Waals surface area contributed by atoms with Crippen molar-refractivity contribution in [3.63, 3.8) is 0 Å². The summed E-state index contributed by atoms with van der Waals surface area (Å²) in [5.74, 6) is 0.227. The predicted octanol–water partition coefficient (Wildman–Crippen LogP) is 1.61. The van der Waals surface area contributed by atoms with Gasteiger partial charge in [-0.25, -0.2) is 9.97 Å². The lowest BCUT2D eigenvalue weighted by Gasteiger charge is -2.34. The van der Waals surface area contributed by atoms with Gasteiger partial charge in [-0.15, -0.1) is 0 Å². The Kier molecular flexibility index (Phi) is 6.05. The topological polar surface area (TPSA) is 100 Å². The summed E-state index contributed by atoms with van der Waals surface area (Å²) in [5, 5.41) is 5.84. The standard InChI is InChI=1S/C19H25N5O3/c1-13(2)16(23-17(25)15-7-4-11-27-15)18(26)22-14-6-3-10-24(12-14)19-20-8-5-9-21-19/h4-5,7-9,11,13-14,16H,3,6,10,12H2,1-2H3,(H,22,26)(H,23,25). The van der Waals surface area contributed by atoms with Crippen molar-refractivity contribution < 1.29 is 14.0 Å². The van der Waals surface area contributed by atoms with Crippen LogP contribution < -0.4 is 15.5 Å². The van der Waals surface area contributed by atoms with Gasteiger partial charge in [0.05, 0.1) is 6.26 Å². The molecular formula is C19H25N5O3. The normalized spacial score (nSPS) is 18.2. The van der Waals surface area contributed by atoms with E-state index >= 15 is 0 Å². The maximum Gasteiger partial charge on any atom is 0.287 e. The van der Waals surface area contributed by atoms with Crippen LogP contribution in [0.3, 0.4) is 0 Å². The smallest absolute Gasteiger partial charge is 0.287 e. The second-order valence-corrected chi connectivity index (χ2v) is 7.01. The number of furan rings is 1. The molecule has 1 aliphatic heterocycles. The summed E-state index contributed by atoms with van der Waals surface area (Å²) in [7, 11) is 0. The average molecular weight is 371 g/mol. The van der Waals surface area contributed by atoms with Crippen molar-refractivity contribution in [1.82, 2.24) is 20.6 Å². The Hall–Kier alpha value is -2.90. The molecule has 3 rings (SSSR count). The predicted molar refractivity (Wildman–Crippen MR) is 100 cm³/mol. The van der Waals surface area contributed by atoms with Gasteiger partial charge >= 0.3 is 0 Å². The molecule has 2 unspecified atom stereocenters. The van der Waals surface area contributed by atoms with Crippen LogP contribution in [-0.4, -0.2) is 47.0 Å². The van der Waals surface area contributed by atoms with Crippen LogP contribution in [0.25, 0.3) is 0 Å². The van der Waals surface area contributed by atoms with E-state index in [9.17, 15) is 9.59 Å². The van der Waals surface area contributed by atoms with Crippen molar-refractivity contribution >= 4 is 17.8 Å². The van der Waals surface area contributed by atoms with Crippen LogP contribution in [0.15, 0.2) is 41.3 Å². The molecule has 2 N–H and O–H groups in total. The molecule has 2 atom stereocenters. The number of carbonyl (C=O) groups excluding carboxylic acids is 2. The number of aromatic nitrogens is 2. The Bertz CT molecular complexity index is 748. The van der Waals surface area contributed by atoms with E-state index in [0.717, 1.165) is 19.4 Å². The number of anilines is 1. The molecule has 0 aliphatic carbocycles. The van der Waals surface area contributed by atoms with Gasteiger partial charge in [0, 0.05) is 31.5 Å². The van der Waals surface area contributed by atoms with Gasteiger partial charge in [-0.2, -0.15) is 0 Å². The summed E-state index contributed by atoms with van der Waals surface area (Å²) in [6.07, 6.45) is 6.68. The number of piperidine rings is 1. The van der Waals surface area contributed by atoms with E-state index in [4.69, 9.17) is 4.42 Å². The van der Waals surface area contributed by atoms with E-state index in [-0.39, 0.29) is 23.6 Å². The summed E-state index contributed by atoms with van der Waals surface area (Å²) in [5.41, 5.74) is 0. The van der Waals surface area contributed by atoms with Crippen LogP contribution in [0.5, 0.6) is 0 Å². The van der Waals surface area contributed by atoms with Gasteiger partial charge in [-0.1, -0.05) is 13.8 Å². The second kappa shape index (κ2) is 8.66. The molecule has 1 saturated heterocycles. The van der Waals surface area contributed by atoms with E-state index in [1.165, 1.54) is 6.26 Å². The molecule has 2 amide bonds. The molecule has 2 aromatic rings. The Balaban J connectivity index is 1.60. The fraction of sp³-hybridized carbons (Fsp3) is 0.474. The minimum absolute atomic E-state index is 0.0168. The minimum Gasteiger partial charge on any atom is -0.459 e. The van der Waals surface area contributed by atoms with Gasteiger partial charge in [0.25, 0.3) is 5.91 Å². The fourth-order valence-electron chi connectivity index (χ4n) is 3.18. The van der Waals surface area contributed by atoms with E-state index < -0.39 is 11.9 Å². The monoisotopic (exact) mass is 371 g/mol. The quantitative estimate of drug-likeness (QED) is 0.800. The molecular weight excluding hydrogens is 346 g/mol. The zero-order valence-corrected chi connectivity index (χ0v) is 15.6. The van der Waals surface area contributed by atoms with Crippen LogP contribution in [0.2, 0.25) is 0 Å². The molecule has 144 valence electrons. The lowest BCUT2D eigenvalue weighted by atomic mass is 10.0. The molecule has 0 bridgehead atoms. The van der Waals surface area contributed by atoms with Crippen LogP contribution in [0.4, 0.5) is 5.95 Å². The van der Waals surface area contributed by atoms with Crippen LogP contribution in [0.1, 0.15) is 37.2 Å². The first-order chi connectivity index (χ1) is 13.0. The average Bonchev–Trinajstić information content (AvgIpc) is 3.21. The number of nitrogens with zero attached hydrogens (tertiary/aromatic N) is 3. The summed E-state index contributed by atoms with van der Waals surface area (Å²) in [6.45, 7) is 5.31. The molecule has 8 nitrogen and oxygen atoms in total. The highest BCUT2D eigenvalue weighted by molar-refractivity contribution is 5.95. The summed E-state index contributed by atoms with van der Waals surface area (Å²) in [6, 6.07) is 4.34. The first kappa shape index (κ1) is 18.9. The van der Waals surface area contributed by atoms with Crippen LogP contribution in [-0.2, 0) is 4.79 Å². The summed E-state index contributed by atoms with van der Waals surface area (Å²) in [4.78, 5) is 35.7. The molecule has 8 heteroatoms. The molecule has 0 aromatic carbocycles. The van der Waals surface area contributed by atoms with Crippen LogP contribution >= 0.6 is 0 Å². The highest BCUT2D eigenvalue weighted by Gasteiger charge is 2.29. The first-order valence-electron chi connectivity index (χ1n) is 9.21. The number of amides is 2. The Morgan fingerprint density at radius 2 is 2.04 bits per heavy atom. The largest absolute Gasteiger partial charge is 0.459 e. The van der Waals surface area contributed by atoms with Gasteiger partial charge in [-0.3, -0.25) is 9.59 Å². The van der Waals surface area contributed by atoms with Gasteiger partial charge in [0.15, 0.2) is 5.76 Å². The maximum absolute atomic E-state index is 12.8. The molecule has 0 radical (unpaired) electrons. The van der Waals surface area contributed by atoms with Gasteiger partial charge < -0.3 is 20.0 Å². The number of carbonyl (C=O) groups is 2. The summed E-state index contributed by atoms with van der Waals surface area (Å²) < 4.78 is 5.10. The molecule has 2 aromatic heterocycles. The lowest BCUT2D eigenvalue weighted by Crippen LogP contribution is -2.55. The van der Waals surface area contributed by atoms with Crippen molar-refractivity contribution in [2.45, 2.75) is 38.8 Å². The van der Waals surface area contributed by atoms with Crippen molar-refractivity contribution in [2.24, 2.45) is 5.92 Å². The Labute approximate surface area is 158 Å². The first-order valence-corrected chi connectivity index (χ1v) is 9.21. The molecule has 3 heterocycles. The van der Waals surface area contributed by atoms with Crippen molar-refractivity contribution in [3.05, 3.63) is 42.6 Å². The molecule has 27 heavy (non-hydrogen) atoms. The van der Waals surface area contributed by atoms with E-state index in [2.05, 4.69) is 25.5 Å². The third kappa shape index (κ3) is 4.84. The minimum atomic E-state index is -0.633. The Morgan fingerprint density at radius 1 is 1.26 bits per heavy atom. The van der Waals surface area contributed by atoms with Crippen LogP contribution in [0, 0.1) is 5.92 Å². The van der Waals surface area contributed by atoms with Gasteiger partial charge in [-0.05, 0) is 37.0 Å². The van der Waals surface area contributed by atoms with E-state index in [1.54, 1.807) is 30.6 Å². The zero-order chi connectivity index (χ0) is 19.2.